The molecule has 2 aromatic carbocycles. The molecule has 0 bridgehead atoms. The predicted octanol–water partition coefficient (Wildman–Crippen LogP) is 6.99. The lowest BCUT2D eigenvalue weighted by molar-refractivity contribution is 0.616. The van der Waals surface area contributed by atoms with Gasteiger partial charge >= 0.3 is 0 Å². The Morgan fingerprint density at radius 3 is 2.41 bits per heavy atom. The third-order valence-corrected chi connectivity index (χ3v) is 4.69. The first kappa shape index (κ1) is 18.0. The lowest BCUT2D eigenvalue weighted by Crippen LogP contribution is -1.99. The van der Waals surface area contributed by atoms with Gasteiger partial charge < -0.3 is 4.42 Å². The van der Waals surface area contributed by atoms with Crippen molar-refractivity contribution in [1.29, 1.82) is 0 Å². The fraction of sp³-hybridized carbons (Fsp3) is 0.0500. The lowest BCUT2D eigenvalue weighted by Gasteiger charge is -2.06. The highest BCUT2D eigenvalue weighted by atomic mass is 35.5. The van der Waals surface area contributed by atoms with Crippen molar-refractivity contribution >= 4 is 57.3 Å². The average Bonchev–Trinajstić information content (AvgIpc) is 3.09. The molecule has 2 heterocycles. The van der Waals surface area contributed by atoms with E-state index in [1.807, 2.05) is 49.4 Å². The maximum absolute atomic E-state index is 6.22. The number of rotatable bonds is 3. The molecule has 7 heteroatoms. The number of benzene rings is 2. The van der Waals surface area contributed by atoms with Crippen molar-refractivity contribution in [1.82, 2.24) is 9.97 Å². The first-order chi connectivity index (χ1) is 13.0. The fourth-order valence-electron chi connectivity index (χ4n) is 2.60. The molecule has 0 fully saturated rings. The Bertz CT molecular complexity index is 1130. The van der Waals surface area contributed by atoms with E-state index in [0.29, 0.717) is 49.3 Å². The van der Waals surface area contributed by atoms with Crippen LogP contribution in [-0.4, -0.2) is 15.7 Å². The van der Waals surface area contributed by atoms with E-state index >= 15 is 0 Å². The van der Waals surface area contributed by atoms with E-state index < -0.39 is 0 Å². The molecule has 134 valence electrons. The summed E-state index contributed by atoms with van der Waals surface area (Å²) in [6.45, 7) is 1.83. The van der Waals surface area contributed by atoms with Gasteiger partial charge in [0.15, 0.2) is 5.58 Å². The van der Waals surface area contributed by atoms with Crippen LogP contribution >= 0.6 is 34.8 Å². The average molecular weight is 417 g/mol. The molecule has 4 nitrogen and oxygen atoms in total. The minimum Gasteiger partial charge on any atom is -0.435 e. The van der Waals surface area contributed by atoms with Crippen molar-refractivity contribution < 1.29 is 4.42 Å². The van der Waals surface area contributed by atoms with Gasteiger partial charge in [-0.2, -0.15) is 0 Å². The Morgan fingerprint density at radius 1 is 0.926 bits per heavy atom. The normalized spacial score (nSPS) is 11.9. The Balaban J connectivity index is 1.74. The molecule has 2 aromatic heterocycles. The maximum atomic E-state index is 6.22. The van der Waals surface area contributed by atoms with Crippen LogP contribution < -0.4 is 0 Å². The fourth-order valence-corrected chi connectivity index (χ4v) is 3.50. The summed E-state index contributed by atoms with van der Waals surface area (Å²) in [5, 5.41) is 1.21. The smallest absolute Gasteiger partial charge is 0.246 e. The SMILES string of the molecule is CC(=Nc1c(Cl)cc(Cl)cc1Cl)c1cccc(-c2nc3ccccc3o2)n1. The lowest BCUT2D eigenvalue weighted by atomic mass is 10.2. The van der Waals surface area contributed by atoms with Crippen LogP contribution in [0.5, 0.6) is 0 Å². The number of para-hydroxylation sites is 2. The maximum Gasteiger partial charge on any atom is 0.246 e. The van der Waals surface area contributed by atoms with Crippen LogP contribution in [0.4, 0.5) is 5.69 Å². The number of pyridine rings is 1. The molecule has 0 aliphatic heterocycles. The first-order valence-electron chi connectivity index (χ1n) is 8.04. The molecular weight excluding hydrogens is 405 g/mol. The summed E-state index contributed by atoms with van der Waals surface area (Å²) in [6, 6.07) is 16.3. The van der Waals surface area contributed by atoms with E-state index in [4.69, 9.17) is 39.2 Å². The minimum absolute atomic E-state index is 0.377. The second-order valence-electron chi connectivity index (χ2n) is 5.81. The second-order valence-corrected chi connectivity index (χ2v) is 7.06. The van der Waals surface area contributed by atoms with Gasteiger partial charge in [0.2, 0.25) is 5.89 Å². The number of hydrogen-bond donors (Lipinski definition) is 0. The van der Waals surface area contributed by atoms with Crippen molar-refractivity contribution in [3.8, 4) is 11.6 Å². The van der Waals surface area contributed by atoms with Crippen molar-refractivity contribution in [2.75, 3.05) is 0 Å². The zero-order valence-electron chi connectivity index (χ0n) is 14.1. The first-order valence-corrected chi connectivity index (χ1v) is 9.18. The predicted molar refractivity (Wildman–Crippen MR) is 111 cm³/mol. The van der Waals surface area contributed by atoms with Crippen LogP contribution in [0.1, 0.15) is 12.6 Å². The zero-order chi connectivity index (χ0) is 19.0. The minimum atomic E-state index is 0.377. The molecule has 0 saturated carbocycles. The van der Waals surface area contributed by atoms with E-state index in [0.717, 1.165) is 5.52 Å². The van der Waals surface area contributed by atoms with E-state index in [1.165, 1.54) is 0 Å². The molecule has 0 spiro atoms. The van der Waals surface area contributed by atoms with Gasteiger partial charge in [0, 0.05) is 5.02 Å². The number of nitrogens with zero attached hydrogens (tertiary/aromatic N) is 3. The number of aromatic nitrogens is 2. The van der Waals surface area contributed by atoms with Gasteiger partial charge in [0.25, 0.3) is 0 Å². The van der Waals surface area contributed by atoms with Crippen molar-refractivity contribution in [3.05, 3.63) is 75.4 Å². The molecule has 0 radical (unpaired) electrons. The van der Waals surface area contributed by atoms with Crippen LogP contribution in [0.3, 0.4) is 0 Å². The van der Waals surface area contributed by atoms with Gasteiger partial charge in [-0.05, 0) is 43.3 Å². The van der Waals surface area contributed by atoms with Gasteiger partial charge in [0.1, 0.15) is 16.9 Å². The standard InChI is InChI=1S/C20H12Cl3N3O/c1-11(24-19-13(22)9-12(21)10-14(19)23)15-6-4-7-17(25-15)20-26-16-5-2-3-8-18(16)27-20/h2-10H,1H3. The monoisotopic (exact) mass is 415 g/mol. The summed E-state index contributed by atoms with van der Waals surface area (Å²) < 4.78 is 5.79. The number of halogens is 3. The molecule has 0 unspecified atom stereocenters. The van der Waals surface area contributed by atoms with E-state index in [-0.39, 0.29) is 0 Å². The summed E-state index contributed by atoms with van der Waals surface area (Å²) in [7, 11) is 0. The highest BCUT2D eigenvalue weighted by Crippen LogP contribution is 2.36. The molecule has 4 rings (SSSR count). The number of fused-ring (bicyclic) bond motifs is 1. The Labute approximate surface area is 170 Å². The van der Waals surface area contributed by atoms with Crippen molar-refractivity contribution in [2.45, 2.75) is 6.92 Å². The number of hydrogen-bond acceptors (Lipinski definition) is 4. The molecule has 27 heavy (non-hydrogen) atoms. The van der Waals surface area contributed by atoms with Crippen molar-refractivity contribution in [3.63, 3.8) is 0 Å². The third-order valence-electron chi connectivity index (χ3n) is 3.89. The molecule has 0 aliphatic carbocycles. The molecular formula is C20H12Cl3N3O. The number of oxazole rings is 1. The van der Waals surface area contributed by atoms with E-state index in [9.17, 15) is 0 Å². The number of aliphatic imine (C=N–C) groups is 1. The van der Waals surface area contributed by atoms with Gasteiger partial charge in [-0.15, -0.1) is 0 Å². The van der Waals surface area contributed by atoms with E-state index in [2.05, 4.69) is 15.0 Å². The largest absolute Gasteiger partial charge is 0.435 e. The molecule has 0 aliphatic rings. The molecule has 0 atom stereocenters. The van der Waals surface area contributed by atoms with Gasteiger partial charge in [-0.3, -0.25) is 0 Å². The zero-order valence-corrected chi connectivity index (χ0v) is 16.3. The summed E-state index contributed by atoms with van der Waals surface area (Å²) in [4.78, 5) is 13.6. The summed E-state index contributed by atoms with van der Waals surface area (Å²) in [5.41, 5.74) is 3.88. The highest BCUT2D eigenvalue weighted by Gasteiger charge is 2.12. The Morgan fingerprint density at radius 2 is 1.67 bits per heavy atom. The quantitative estimate of drug-likeness (QED) is 0.338. The van der Waals surface area contributed by atoms with Crippen molar-refractivity contribution in [2.24, 2.45) is 4.99 Å². The van der Waals surface area contributed by atoms with Gasteiger partial charge in [-0.1, -0.05) is 53.0 Å². The summed E-state index contributed by atoms with van der Waals surface area (Å²) in [6.07, 6.45) is 0. The molecule has 0 saturated heterocycles. The highest BCUT2D eigenvalue weighted by molar-refractivity contribution is 6.41. The van der Waals surface area contributed by atoms with Gasteiger partial charge in [0.05, 0.1) is 21.5 Å². The van der Waals surface area contributed by atoms with E-state index in [1.54, 1.807) is 12.1 Å². The third kappa shape index (κ3) is 3.69. The van der Waals surface area contributed by atoms with Crippen LogP contribution in [0.15, 0.2) is 64.0 Å². The Kier molecular flexibility index (Phi) is 4.87. The van der Waals surface area contributed by atoms with Crippen LogP contribution in [0.2, 0.25) is 15.1 Å². The Hall–Kier alpha value is -2.40. The molecule has 0 N–H and O–H groups in total. The topological polar surface area (TPSA) is 51.3 Å². The summed E-state index contributed by atoms with van der Waals surface area (Å²) in [5.74, 6) is 0.452. The van der Waals surface area contributed by atoms with Crippen LogP contribution in [0.25, 0.3) is 22.7 Å². The second kappa shape index (κ2) is 7.31. The molecule has 0 amide bonds. The molecule has 4 aromatic rings. The van der Waals surface area contributed by atoms with Crippen LogP contribution in [0, 0.1) is 0 Å². The summed E-state index contributed by atoms with van der Waals surface area (Å²) >= 11 is 18.4. The van der Waals surface area contributed by atoms with Gasteiger partial charge in [-0.25, -0.2) is 15.0 Å². The van der Waals surface area contributed by atoms with Crippen LogP contribution in [-0.2, 0) is 0 Å².